The third kappa shape index (κ3) is 2.37. The highest BCUT2D eigenvalue weighted by Gasteiger charge is 2.38. The van der Waals surface area contributed by atoms with Crippen LogP contribution in [0.5, 0.6) is 5.88 Å². The average Bonchev–Trinajstić information content (AvgIpc) is 3.02. The summed E-state index contributed by atoms with van der Waals surface area (Å²) in [5.74, 6) is 3.69. The van der Waals surface area contributed by atoms with Gasteiger partial charge in [0, 0.05) is 18.3 Å². The molecule has 2 saturated carbocycles. The van der Waals surface area contributed by atoms with E-state index in [1.807, 2.05) is 6.07 Å². The smallest absolute Gasteiger partial charge is 0.217 e. The fourth-order valence-corrected chi connectivity index (χ4v) is 3.76. The lowest BCUT2D eigenvalue weighted by molar-refractivity contribution is 0.317. The van der Waals surface area contributed by atoms with Crippen molar-refractivity contribution < 1.29 is 4.74 Å². The van der Waals surface area contributed by atoms with Crippen molar-refractivity contribution >= 4 is 0 Å². The average molecular weight is 246 g/mol. The van der Waals surface area contributed by atoms with Gasteiger partial charge in [0.05, 0.1) is 7.11 Å². The Morgan fingerprint density at radius 1 is 1.39 bits per heavy atom. The Morgan fingerprint density at radius 3 is 3.06 bits per heavy atom. The normalized spacial score (nSPS) is 29.7. The Balaban J connectivity index is 1.50. The van der Waals surface area contributed by atoms with Gasteiger partial charge in [0.2, 0.25) is 5.88 Å². The van der Waals surface area contributed by atoms with E-state index in [1.54, 1.807) is 13.3 Å². The van der Waals surface area contributed by atoms with E-state index in [-0.39, 0.29) is 0 Å². The first-order valence-electron chi connectivity index (χ1n) is 7.05. The molecule has 0 saturated heterocycles. The maximum absolute atomic E-state index is 5.27. The monoisotopic (exact) mass is 246 g/mol. The first-order valence-corrected chi connectivity index (χ1v) is 7.05. The molecule has 3 nitrogen and oxygen atoms in total. The lowest BCUT2D eigenvalue weighted by Gasteiger charge is -2.22. The van der Waals surface area contributed by atoms with Gasteiger partial charge in [0.15, 0.2) is 0 Å². The van der Waals surface area contributed by atoms with Crippen LogP contribution in [0.1, 0.15) is 31.2 Å². The largest absolute Gasteiger partial charge is 0.481 e. The molecule has 1 N–H and O–H groups in total. The molecule has 3 atom stereocenters. The summed E-state index contributed by atoms with van der Waals surface area (Å²) in [7, 11) is 1.68. The maximum Gasteiger partial charge on any atom is 0.217 e. The molecule has 3 heteroatoms. The van der Waals surface area contributed by atoms with E-state index in [4.69, 9.17) is 4.74 Å². The molecule has 2 bridgehead atoms. The van der Waals surface area contributed by atoms with Crippen molar-refractivity contribution in [1.29, 1.82) is 0 Å². The Hall–Kier alpha value is -1.09. The van der Waals surface area contributed by atoms with Crippen LogP contribution in [0, 0.1) is 17.8 Å². The Morgan fingerprint density at radius 2 is 2.33 bits per heavy atom. The topological polar surface area (TPSA) is 34.1 Å². The Labute approximate surface area is 109 Å². The van der Waals surface area contributed by atoms with Crippen molar-refractivity contribution in [3.8, 4) is 5.88 Å². The number of fused-ring (bicyclic) bond motifs is 2. The molecule has 2 aliphatic rings. The Bertz CT molecular complexity index is 407. The molecule has 1 aromatic rings. The molecule has 18 heavy (non-hydrogen) atoms. The van der Waals surface area contributed by atoms with Gasteiger partial charge < -0.3 is 10.1 Å². The summed E-state index contributed by atoms with van der Waals surface area (Å²) in [5, 5.41) is 3.58. The van der Waals surface area contributed by atoms with Crippen LogP contribution >= 0.6 is 0 Å². The molecule has 3 unspecified atom stereocenters. The van der Waals surface area contributed by atoms with Crippen molar-refractivity contribution in [1.82, 2.24) is 10.3 Å². The van der Waals surface area contributed by atoms with Crippen LogP contribution in [0.15, 0.2) is 18.3 Å². The first-order chi connectivity index (χ1) is 8.86. The molecular weight excluding hydrogens is 224 g/mol. The second kappa shape index (κ2) is 5.27. The molecule has 0 spiro atoms. The fourth-order valence-electron chi connectivity index (χ4n) is 3.76. The maximum atomic E-state index is 5.27. The SMILES string of the molecule is COc1ncccc1CNCC1CC2CCC1C2. The van der Waals surface area contributed by atoms with Crippen LogP contribution in [0.2, 0.25) is 0 Å². The number of nitrogens with zero attached hydrogens (tertiary/aromatic N) is 1. The number of hydrogen-bond donors (Lipinski definition) is 1. The van der Waals surface area contributed by atoms with Crippen LogP contribution in [0.3, 0.4) is 0 Å². The number of pyridine rings is 1. The van der Waals surface area contributed by atoms with Crippen molar-refractivity contribution in [2.75, 3.05) is 13.7 Å². The second-order valence-corrected chi connectivity index (χ2v) is 5.74. The van der Waals surface area contributed by atoms with Gasteiger partial charge in [0.1, 0.15) is 0 Å². The molecule has 0 amide bonds. The summed E-state index contributed by atoms with van der Waals surface area (Å²) in [6, 6.07) is 4.05. The Kier molecular flexibility index (Phi) is 3.50. The minimum Gasteiger partial charge on any atom is -0.481 e. The highest BCUT2D eigenvalue weighted by molar-refractivity contribution is 5.24. The standard InChI is InChI=1S/C15H22N2O/c1-18-15-13(3-2-6-17-15)9-16-10-14-8-11-4-5-12(14)7-11/h2-3,6,11-12,14,16H,4-5,7-10H2,1H3. The van der Waals surface area contributed by atoms with Gasteiger partial charge in [-0.15, -0.1) is 0 Å². The summed E-state index contributed by atoms with van der Waals surface area (Å²) < 4.78 is 5.27. The van der Waals surface area contributed by atoms with Gasteiger partial charge in [-0.3, -0.25) is 0 Å². The van der Waals surface area contributed by atoms with Crippen LogP contribution in [-0.2, 0) is 6.54 Å². The summed E-state index contributed by atoms with van der Waals surface area (Å²) in [6.45, 7) is 2.02. The van der Waals surface area contributed by atoms with Gasteiger partial charge in [-0.25, -0.2) is 4.98 Å². The van der Waals surface area contributed by atoms with E-state index < -0.39 is 0 Å². The van der Waals surface area contributed by atoms with Crippen LogP contribution in [0.25, 0.3) is 0 Å². The lowest BCUT2D eigenvalue weighted by Crippen LogP contribution is -2.26. The van der Waals surface area contributed by atoms with Gasteiger partial charge >= 0.3 is 0 Å². The van der Waals surface area contributed by atoms with Gasteiger partial charge in [0.25, 0.3) is 0 Å². The molecule has 2 aliphatic carbocycles. The van der Waals surface area contributed by atoms with E-state index in [2.05, 4.69) is 16.4 Å². The van der Waals surface area contributed by atoms with Gasteiger partial charge in [-0.05, 0) is 49.6 Å². The lowest BCUT2D eigenvalue weighted by atomic mass is 9.89. The second-order valence-electron chi connectivity index (χ2n) is 5.74. The molecule has 2 fully saturated rings. The highest BCUT2D eigenvalue weighted by atomic mass is 16.5. The van der Waals surface area contributed by atoms with E-state index in [9.17, 15) is 0 Å². The fraction of sp³-hybridized carbons (Fsp3) is 0.667. The molecule has 0 aromatic carbocycles. The van der Waals surface area contributed by atoms with Gasteiger partial charge in [-0.1, -0.05) is 12.5 Å². The number of methoxy groups -OCH3 is 1. The van der Waals surface area contributed by atoms with Crippen molar-refractivity contribution in [2.45, 2.75) is 32.2 Å². The zero-order chi connectivity index (χ0) is 12.4. The van der Waals surface area contributed by atoms with Crippen molar-refractivity contribution in [3.63, 3.8) is 0 Å². The summed E-state index contributed by atoms with van der Waals surface area (Å²) in [6.07, 6.45) is 7.66. The summed E-state index contributed by atoms with van der Waals surface area (Å²) in [5.41, 5.74) is 1.16. The first kappa shape index (κ1) is 12.0. The zero-order valence-corrected chi connectivity index (χ0v) is 11.1. The molecule has 0 radical (unpaired) electrons. The minimum absolute atomic E-state index is 0.748. The van der Waals surface area contributed by atoms with Crippen molar-refractivity contribution in [3.05, 3.63) is 23.9 Å². The minimum atomic E-state index is 0.748. The van der Waals surface area contributed by atoms with E-state index in [0.29, 0.717) is 0 Å². The zero-order valence-electron chi connectivity index (χ0n) is 11.1. The predicted molar refractivity (Wildman–Crippen MR) is 71.4 cm³/mol. The molecule has 98 valence electrons. The number of ether oxygens (including phenoxy) is 1. The van der Waals surface area contributed by atoms with E-state index >= 15 is 0 Å². The summed E-state index contributed by atoms with van der Waals surface area (Å²) in [4.78, 5) is 4.22. The third-order valence-corrected chi connectivity index (χ3v) is 4.65. The molecule has 3 rings (SSSR count). The number of hydrogen-bond acceptors (Lipinski definition) is 3. The van der Waals surface area contributed by atoms with E-state index in [0.717, 1.165) is 42.3 Å². The predicted octanol–water partition coefficient (Wildman–Crippen LogP) is 2.62. The van der Waals surface area contributed by atoms with Crippen molar-refractivity contribution in [2.24, 2.45) is 17.8 Å². The molecule has 0 aliphatic heterocycles. The van der Waals surface area contributed by atoms with Gasteiger partial charge in [-0.2, -0.15) is 0 Å². The van der Waals surface area contributed by atoms with Crippen LogP contribution < -0.4 is 10.1 Å². The number of rotatable bonds is 5. The van der Waals surface area contributed by atoms with Crippen LogP contribution in [0.4, 0.5) is 0 Å². The number of aromatic nitrogens is 1. The number of nitrogens with one attached hydrogen (secondary N) is 1. The summed E-state index contributed by atoms with van der Waals surface area (Å²) >= 11 is 0. The molecule has 1 heterocycles. The third-order valence-electron chi connectivity index (χ3n) is 4.65. The highest BCUT2D eigenvalue weighted by Crippen LogP contribution is 2.47. The van der Waals surface area contributed by atoms with E-state index in [1.165, 1.54) is 25.7 Å². The molecular formula is C15H22N2O. The van der Waals surface area contributed by atoms with Crippen LogP contribution in [-0.4, -0.2) is 18.6 Å². The quantitative estimate of drug-likeness (QED) is 0.867. The molecule has 1 aromatic heterocycles.